The van der Waals surface area contributed by atoms with E-state index in [4.69, 9.17) is 0 Å². The zero-order valence-corrected chi connectivity index (χ0v) is 9.79. The van der Waals surface area contributed by atoms with E-state index in [1.165, 1.54) is 5.57 Å². The first-order chi connectivity index (χ1) is 7.68. The molecule has 1 saturated heterocycles. The predicted octanol–water partition coefficient (Wildman–Crippen LogP) is 3.25. The summed E-state index contributed by atoms with van der Waals surface area (Å²) in [6, 6.07) is 0. The molecule has 0 saturated carbocycles. The van der Waals surface area contributed by atoms with Gasteiger partial charge in [0.2, 0.25) is 0 Å². The minimum Gasteiger partial charge on any atom is -0.303 e. The van der Waals surface area contributed by atoms with Crippen LogP contribution in [-0.4, -0.2) is 30.2 Å². The lowest BCUT2D eigenvalue weighted by atomic mass is 9.93. The zero-order valence-electron chi connectivity index (χ0n) is 9.79. The van der Waals surface area contributed by atoms with Crippen LogP contribution in [0.4, 0.5) is 4.39 Å². The van der Waals surface area contributed by atoms with Crippen LogP contribution in [0.25, 0.3) is 0 Å². The van der Waals surface area contributed by atoms with Crippen LogP contribution >= 0.6 is 0 Å². The van der Waals surface area contributed by atoms with Crippen LogP contribution < -0.4 is 0 Å². The highest BCUT2D eigenvalue weighted by Crippen LogP contribution is 2.27. The third kappa shape index (κ3) is 3.05. The molecule has 0 N–H and O–H groups in total. The Morgan fingerprint density at radius 1 is 1.31 bits per heavy atom. The first-order valence-electron chi connectivity index (χ1n) is 6.10. The Hall–Kier alpha value is -0.890. The Morgan fingerprint density at radius 3 is 2.69 bits per heavy atom. The average molecular weight is 221 g/mol. The molecule has 1 atom stereocenters. The number of halogens is 1. The van der Waals surface area contributed by atoms with Crippen molar-refractivity contribution in [1.82, 2.24) is 4.90 Å². The van der Waals surface area contributed by atoms with Gasteiger partial charge in [-0.25, -0.2) is 4.39 Å². The van der Waals surface area contributed by atoms with Gasteiger partial charge in [-0.1, -0.05) is 30.4 Å². The van der Waals surface area contributed by atoms with E-state index in [0.717, 1.165) is 32.5 Å². The molecule has 2 heteroatoms. The van der Waals surface area contributed by atoms with Gasteiger partial charge in [0, 0.05) is 26.1 Å². The van der Waals surface area contributed by atoms with Crippen LogP contribution in [0.15, 0.2) is 36.5 Å². The maximum atomic E-state index is 14.2. The summed E-state index contributed by atoms with van der Waals surface area (Å²) >= 11 is 0. The van der Waals surface area contributed by atoms with Gasteiger partial charge in [0.05, 0.1) is 0 Å². The third-order valence-corrected chi connectivity index (χ3v) is 3.51. The molecule has 0 aromatic heterocycles. The third-order valence-electron chi connectivity index (χ3n) is 3.51. The lowest BCUT2D eigenvalue weighted by molar-refractivity contribution is 0.166. The van der Waals surface area contributed by atoms with E-state index in [-0.39, 0.29) is 0 Å². The van der Waals surface area contributed by atoms with Crippen molar-refractivity contribution < 1.29 is 4.39 Å². The molecule has 0 amide bonds. The van der Waals surface area contributed by atoms with Crippen molar-refractivity contribution in [2.24, 2.45) is 0 Å². The Balaban J connectivity index is 1.77. The number of rotatable bonds is 3. The van der Waals surface area contributed by atoms with E-state index in [9.17, 15) is 4.39 Å². The van der Waals surface area contributed by atoms with Gasteiger partial charge in [0.1, 0.15) is 5.67 Å². The Labute approximate surface area is 97.3 Å². The Morgan fingerprint density at radius 2 is 2.06 bits per heavy atom. The Kier molecular flexibility index (Phi) is 3.59. The molecule has 2 rings (SSSR count). The van der Waals surface area contributed by atoms with Gasteiger partial charge in [0.15, 0.2) is 0 Å². The molecule has 2 aliphatic rings. The summed E-state index contributed by atoms with van der Waals surface area (Å²) in [6.07, 6.45) is 10.7. The van der Waals surface area contributed by atoms with Gasteiger partial charge in [-0.15, -0.1) is 0 Å². The van der Waals surface area contributed by atoms with Crippen LogP contribution in [0, 0.1) is 0 Å². The molecule has 0 spiro atoms. The van der Waals surface area contributed by atoms with E-state index >= 15 is 0 Å². The van der Waals surface area contributed by atoms with Crippen molar-refractivity contribution in [3.8, 4) is 0 Å². The van der Waals surface area contributed by atoms with E-state index in [1.54, 1.807) is 6.08 Å². The van der Waals surface area contributed by atoms with Crippen molar-refractivity contribution >= 4 is 0 Å². The number of alkyl halides is 1. The predicted molar refractivity (Wildman–Crippen MR) is 66.2 cm³/mol. The van der Waals surface area contributed by atoms with Gasteiger partial charge in [0.25, 0.3) is 0 Å². The molecule has 1 unspecified atom stereocenters. The first kappa shape index (κ1) is 11.6. The quantitative estimate of drug-likeness (QED) is 0.661. The van der Waals surface area contributed by atoms with Crippen LogP contribution in [-0.2, 0) is 0 Å². The maximum absolute atomic E-state index is 14.2. The molecular formula is C14H20FN. The zero-order chi connectivity index (χ0) is 11.4. The van der Waals surface area contributed by atoms with Crippen LogP contribution in [0.1, 0.15) is 25.7 Å². The van der Waals surface area contributed by atoms with E-state index in [1.807, 2.05) is 18.2 Å². The summed E-state index contributed by atoms with van der Waals surface area (Å²) in [6.45, 7) is 6.95. The molecule has 0 aromatic rings. The highest BCUT2D eigenvalue weighted by molar-refractivity contribution is 5.18. The second-order valence-electron chi connectivity index (χ2n) is 4.87. The number of allylic oxidation sites excluding steroid dienone is 4. The molecule has 0 radical (unpaired) electrons. The van der Waals surface area contributed by atoms with Gasteiger partial charge < -0.3 is 4.90 Å². The van der Waals surface area contributed by atoms with Crippen LogP contribution in [0.5, 0.6) is 0 Å². The lowest BCUT2D eigenvalue weighted by Gasteiger charge is -2.31. The fourth-order valence-corrected chi connectivity index (χ4v) is 2.26. The van der Waals surface area contributed by atoms with E-state index < -0.39 is 5.67 Å². The molecule has 0 aromatic carbocycles. The molecule has 1 heterocycles. The normalized spacial score (nSPS) is 30.9. The van der Waals surface area contributed by atoms with Crippen molar-refractivity contribution in [3.05, 3.63) is 36.5 Å². The van der Waals surface area contributed by atoms with Gasteiger partial charge >= 0.3 is 0 Å². The highest BCUT2D eigenvalue weighted by atomic mass is 19.1. The summed E-state index contributed by atoms with van der Waals surface area (Å²) in [5.41, 5.74) is 0.232. The highest BCUT2D eigenvalue weighted by Gasteiger charge is 2.27. The van der Waals surface area contributed by atoms with Crippen LogP contribution in [0.3, 0.4) is 0 Å². The minimum atomic E-state index is -1.11. The second kappa shape index (κ2) is 4.96. The maximum Gasteiger partial charge on any atom is 0.134 e. The number of hydrogen-bond donors (Lipinski definition) is 0. The van der Waals surface area contributed by atoms with Gasteiger partial charge in [-0.3, -0.25) is 0 Å². The molecule has 0 bridgehead atoms. The smallest absolute Gasteiger partial charge is 0.134 e. The van der Waals surface area contributed by atoms with E-state index in [0.29, 0.717) is 12.8 Å². The van der Waals surface area contributed by atoms with Crippen LogP contribution in [0.2, 0.25) is 0 Å². The first-order valence-corrected chi connectivity index (χ1v) is 6.10. The molecule has 16 heavy (non-hydrogen) atoms. The molecule has 1 nitrogen and oxygen atoms in total. The van der Waals surface area contributed by atoms with Crippen molar-refractivity contribution in [3.63, 3.8) is 0 Å². The molecule has 1 fully saturated rings. The number of piperidine rings is 1. The number of hydrogen-bond acceptors (Lipinski definition) is 1. The molecule has 1 aliphatic carbocycles. The lowest BCUT2D eigenvalue weighted by Crippen LogP contribution is -2.35. The Bertz CT molecular complexity index is 309. The average Bonchev–Trinajstić information content (AvgIpc) is 2.29. The van der Waals surface area contributed by atoms with Crippen molar-refractivity contribution in [2.75, 3.05) is 19.6 Å². The minimum absolute atomic E-state index is 0.532. The second-order valence-corrected chi connectivity index (χ2v) is 4.87. The van der Waals surface area contributed by atoms with Gasteiger partial charge in [-0.05, 0) is 25.3 Å². The topological polar surface area (TPSA) is 3.24 Å². The molecular weight excluding hydrogens is 201 g/mol. The standard InChI is InChI=1S/C14H20FN/c1-13-5-10-16(11-6-13)12-9-14(15)7-3-2-4-8-14/h2-4,7H,1,5-6,8-12H2. The SMILES string of the molecule is C=C1CCN(CCC2(F)C=CC=CC2)CC1. The number of likely N-dealkylation sites (tertiary alicyclic amines) is 1. The largest absolute Gasteiger partial charge is 0.303 e. The summed E-state index contributed by atoms with van der Waals surface area (Å²) < 4.78 is 14.2. The van der Waals surface area contributed by atoms with Gasteiger partial charge in [-0.2, -0.15) is 0 Å². The number of nitrogens with zero attached hydrogens (tertiary/aromatic N) is 1. The van der Waals surface area contributed by atoms with E-state index in [2.05, 4.69) is 11.5 Å². The fraction of sp³-hybridized carbons (Fsp3) is 0.571. The fourth-order valence-electron chi connectivity index (χ4n) is 2.26. The summed E-state index contributed by atoms with van der Waals surface area (Å²) in [4.78, 5) is 2.35. The monoisotopic (exact) mass is 221 g/mol. The van der Waals surface area contributed by atoms with Crippen molar-refractivity contribution in [2.45, 2.75) is 31.4 Å². The molecule has 88 valence electrons. The molecule has 1 aliphatic heterocycles. The summed E-state index contributed by atoms with van der Waals surface area (Å²) in [7, 11) is 0. The van der Waals surface area contributed by atoms with Crippen molar-refractivity contribution in [1.29, 1.82) is 0 Å². The summed E-state index contributed by atoms with van der Waals surface area (Å²) in [5.74, 6) is 0. The summed E-state index contributed by atoms with van der Waals surface area (Å²) in [5, 5.41) is 0.